The molecule has 0 heterocycles. The Bertz CT molecular complexity index is 541. The van der Waals surface area contributed by atoms with Crippen molar-refractivity contribution in [2.45, 2.75) is 20.4 Å². The van der Waals surface area contributed by atoms with E-state index in [0.717, 1.165) is 5.56 Å². The second kappa shape index (κ2) is 6.83. The van der Waals surface area contributed by atoms with E-state index in [4.69, 9.17) is 20.4 Å². The first kappa shape index (κ1) is 16.6. The van der Waals surface area contributed by atoms with Gasteiger partial charge >= 0.3 is 0 Å². The van der Waals surface area contributed by atoms with E-state index in [9.17, 15) is 4.79 Å². The number of hydrogen-bond acceptors (Lipinski definition) is 5. The van der Waals surface area contributed by atoms with Gasteiger partial charge in [0.15, 0.2) is 17.3 Å². The van der Waals surface area contributed by atoms with Crippen LogP contribution in [0.5, 0.6) is 11.5 Å². The van der Waals surface area contributed by atoms with Gasteiger partial charge in [-0.05, 0) is 31.5 Å². The molecule has 0 aromatic heterocycles. The minimum Gasteiger partial charge on any atom is -0.493 e. The van der Waals surface area contributed by atoms with Gasteiger partial charge in [-0.25, -0.2) is 0 Å². The topological polar surface area (TPSA) is 106 Å². The van der Waals surface area contributed by atoms with Crippen molar-refractivity contribution in [1.29, 1.82) is 0 Å². The van der Waals surface area contributed by atoms with Crippen molar-refractivity contribution in [3.05, 3.63) is 23.8 Å². The van der Waals surface area contributed by atoms with Gasteiger partial charge in [-0.15, -0.1) is 0 Å². The Kier molecular flexibility index (Phi) is 5.40. The highest BCUT2D eigenvalue weighted by Gasteiger charge is 2.32. The fourth-order valence-electron chi connectivity index (χ4n) is 1.64. The highest BCUT2D eigenvalue weighted by Crippen LogP contribution is 2.27. The number of carbonyl (C=O) groups is 1. The van der Waals surface area contributed by atoms with Crippen molar-refractivity contribution in [3.63, 3.8) is 0 Å². The SMILES string of the molecule is COc1ccc(CNC(=O)C(C)(C)C(N)=NO)cc1OC. The summed E-state index contributed by atoms with van der Waals surface area (Å²) in [5, 5.41) is 14.3. The number of ether oxygens (including phenoxy) is 2. The van der Waals surface area contributed by atoms with E-state index in [1.807, 2.05) is 6.07 Å². The van der Waals surface area contributed by atoms with Crippen molar-refractivity contribution in [2.24, 2.45) is 16.3 Å². The third kappa shape index (κ3) is 3.77. The fourth-order valence-corrected chi connectivity index (χ4v) is 1.64. The molecule has 7 nitrogen and oxygen atoms in total. The van der Waals surface area contributed by atoms with E-state index < -0.39 is 5.41 Å². The molecule has 1 aromatic carbocycles. The zero-order valence-electron chi connectivity index (χ0n) is 12.6. The van der Waals surface area contributed by atoms with Crippen molar-refractivity contribution in [2.75, 3.05) is 14.2 Å². The number of benzene rings is 1. The maximum absolute atomic E-state index is 12.1. The van der Waals surface area contributed by atoms with Crippen LogP contribution in [-0.4, -0.2) is 31.2 Å². The van der Waals surface area contributed by atoms with Crippen LogP contribution in [0, 0.1) is 5.41 Å². The van der Waals surface area contributed by atoms with Gasteiger partial charge in [-0.1, -0.05) is 11.2 Å². The molecule has 1 amide bonds. The molecule has 0 atom stereocenters. The summed E-state index contributed by atoms with van der Waals surface area (Å²) in [5.74, 6) is 0.712. The number of methoxy groups -OCH3 is 2. The first-order chi connectivity index (χ1) is 9.86. The molecule has 0 fully saturated rings. The van der Waals surface area contributed by atoms with Crippen molar-refractivity contribution < 1.29 is 19.5 Å². The van der Waals surface area contributed by atoms with E-state index in [1.54, 1.807) is 40.2 Å². The molecule has 116 valence electrons. The first-order valence-electron chi connectivity index (χ1n) is 6.34. The quantitative estimate of drug-likeness (QED) is 0.315. The minimum atomic E-state index is -1.09. The van der Waals surface area contributed by atoms with Gasteiger partial charge in [0.05, 0.1) is 14.2 Å². The van der Waals surface area contributed by atoms with Crippen LogP contribution >= 0.6 is 0 Å². The Morgan fingerprint density at radius 1 is 1.33 bits per heavy atom. The summed E-state index contributed by atoms with van der Waals surface area (Å²) < 4.78 is 10.3. The van der Waals surface area contributed by atoms with Gasteiger partial charge in [-0.3, -0.25) is 4.79 Å². The lowest BCUT2D eigenvalue weighted by Gasteiger charge is -2.21. The lowest BCUT2D eigenvalue weighted by atomic mass is 9.91. The van der Waals surface area contributed by atoms with Crippen LogP contribution in [0.15, 0.2) is 23.4 Å². The Balaban J connectivity index is 2.78. The molecule has 1 rings (SSSR count). The number of rotatable bonds is 6. The molecule has 1 aromatic rings. The fraction of sp³-hybridized carbons (Fsp3) is 0.429. The maximum atomic E-state index is 12.1. The number of hydrogen-bond donors (Lipinski definition) is 3. The second-order valence-corrected chi connectivity index (χ2v) is 4.98. The van der Waals surface area contributed by atoms with Crippen LogP contribution in [0.1, 0.15) is 19.4 Å². The number of nitrogens with one attached hydrogen (secondary N) is 1. The lowest BCUT2D eigenvalue weighted by Crippen LogP contribution is -2.45. The molecule has 0 radical (unpaired) electrons. The molecule has 4 N–H and O–H groups in total. The van der Waals surface area contributed by atoms with Gasteiger partial charge in [0.2, 0.25) is 5.91 Å². The third-order valence-electron chi connectivity index (χ3n) is 3.22. The number of nitrogens with two attached hydrogens (primary N) is 1. The molecule has 0 saturated heterocycles. The maximum Gasteiger partial charge on any atom is 0.233 e. The second-order valence-electron chi connectivity index (χ2n) is 4.98. The van der Waals surface area contributed by atoms with Crippen LogP contribution in [0.2, 0.25) is 0 Å². The molecule has 0 bridgehead atoms. The van der Waals surface area contributed by atoms with Crippen LogP contribution in [-0.2, 0) is 11.3 Å². The molecule has 7 heteroatoms. The van der Waals surface area contributed by atoms with E-state index in [2.05, 4.69) is 10.5 Å². The number of carbonyl (C=O) groups excluding carboxylic acids is 1. The van der Waals surface area contributed by atoms with Crippen molar-refractivity contribution in [1.82, 2.24) is 5.32 Å². The number of amides is 1. The molecule has 0 aliphatic heterocycles. The summed E-state index contributed by atoms with van der Waals surface area (Å²) in [7, 11) is 3.10. The van der Waals surface area contributed by atoms with Crippen LogP contribution in [0.4, 0.5) is 0 Å². The summed E-state index contributed by atoms with van der Waals surface area (Å²) in [6.07, 6.45) is 0. The number of oxime groups is 1. The molecular formula is C14H21N3O4. The first-order valence-corrected chi connectivity index (χ1v) is 6.34. The molecule has 0 unspecified atom stereocenters. The Hall–Kier alpha value is -2.44. The predicted octanol–water partition coefficient (Wildman–Crippen LogP) is 1.09. The van der Waals surface area contributed by atoms with Gasteiger partial charge in [-0.2, -0.15) is 0 Å². The zero-order valence-corrected chi connectivity index (χ0v) is 12.6. The van der Waals surface area contributed by atoms with Crippen LogP contribution in [0.25, 0.3) is 0 Å². The van der Waals surface area contributed by atoms with Crippen molar-refractivity contribution >= 4 is 11.7 Å². The third-order valence-corrected chi connectivity index (χ3v) is 3.22. The standard InChI is InChI=1S/C14H21N3O4/c1-14(2,12(15)17-19)13(18)16-8-9-5-6-10(20-3)11(7-9)21-4/h5-7,19H,8H2,1-4H3,(H2,15,17)(H,16,18). The zero-order chi connectivity index (χ0) is 16.0. The molecule has 0 aliphatic rings. The molecule has 0 spiro atoms. The van der Waals surface area contributed by atoms with Gasteiger partial charge in [0.25, 0.3) is 0 Å². The predicted molar refractivity (Wildman–Crippen MR) is 78.6 cm³/mol. The highest BCUT2D eigenvalue weighted by atomic mass is 16.5. The smallest absolute Gasteiger partial charge is 0.233 e. The Labute approximate surface area is 123 Å². The van der Waals surface area contributed by atoms with Gasteiger partial charge in [0, 0.05) is 6.54 Å². The van der Waals surface area contributed by atoms with Gasteiger partial charge in [0.1, 0.15) is 5.41 Å². The van der Waals surface area contributed by atoms with Gasteiger partial charge < -0.3 is 25.7 Å². The summed E-state index contributed by atoms with van der Waals surface area (Å²) in [5.41, 5.74) is 5.26. The van der Waals surface area contributed by atoms with Crippen LogP contribution in [0.3, 0.4) is 0 Å². The van der Waals surface area contributed by atoms with E-state index in [1.165, 1.54) is 0 Å². The summed E-state index contributed by atoms with van der Waals surface area (Å²) in [6, 6.07) is 5.35. The highest BCUT2D eigenvalue weighted by molar-refractivity contribution is 6.05. The summed E-state index contributed by atoms with van der Waals surface area (Å²) in [6.45, 7) is 3.44. The van der Waals surface area contributed by atoms with E-state index in [-0.39, 0.29) is 11.7 Å². The Morgan fingerprint density at radius 2 is 1.95 bits per heavy atom. The summed E-state index contributed by atoms with van der Waals surface area (Å²) in [4.78, 5) is 12.1. The van der Waals surface area contributed by atoms with Crippen LogP contribution < -0.4 is 20.5 Å². The molecule has 0 saturated carbocycles. The number of amidine groups is 1. The van der Waals surface area contributed by atoms with Crippen molar-refractivity contribution in [3.8, 4) is 11.5 Å². The molecule has 0 aliphatic carbocycles. The monoisotopic (exact) mass is 295 g/mol. The average Bonchev–Trinajstić information content (AvgIpc) is 2.50. The van der Waals surface area contributed by atoms with E-state index >= 15 is 0 Å². The average molecular weight is 295 g/mol. The normalized spacial score (nSPS) is 11.9. The summed E-state index contributed by atoms with van der Waals surface area (Å²) >= 11 is 0. The minimum absolute atomic E-state index is 0.146. The van der Waals surface area contributed by atoms with E-state index in [0.29, 0.717) is 18.0 Å². The molecule has 21 heavy (non-hydrogen) atoms. The molecular weight excluding hydrogens is 274 g/mol. The number of nitrogens with zero attached hydrogens (tertiary/aromatic N) is 1. The largest absolute Gasteiger partial charge is 0.493 e. The lowest BCUT2D eigenvalue weighted by molar-refractivity contribution is -0.126. The Morgan fingerprint density at radius 3 is 2.48 bits per heavy atom.